The van der Waals surface area contributed by atoms with Crippen LogP contribution < -0.4 is 0 Å². The van der Waals surface area contributed by atoms with Gasteiger partial charge in [-0.2, -0.15) is 0 Å². The van der Waals surface area contributed by atoms with Crippen molar-refractivity contribution in [2.45, 2.75) is 70.2 Å². The minimum atomic E-state index is -0.895. The van der Waals surface area contributed by atoms with Crippen LogP contribution in [-0.4, -0.2) is 39.4 Å². The summed E-state index contributed by atoms with van der Waals surface area (Å²) in [5, 5.41) is 30.1. The smallest absolute Gasteiger partial charge is 0.120 e. The van der Waals surface area contributed by atoms with Crippen LogP contribution in [0.15, 0.2) is 12.2 Å². The van der Waals surface area contributed by atoms with Crippen LogP contribution in [0.2, 0.25) is 0 Å². The second-order valence-corrected chi connectivity index (χ2v) is 6.19. The molecule has 0 spiro atoms. The van der Waals surface area contributed by atoms with E-state index < -0.39 is 17.8 Å². The molecule has 4 heteroatoms. The van der Waals surface area contributed by atoms with Crippen LogP contribution in [-0.2, 0) is 4.79 Å². The molecule has 0 saturated heterocycles. The average Bonchev–Trinajstić information content (AvgIpc) is 2.63. The van der Waals surface area contributed by atoms with E-state index in [1.165, 1.54) is 0 Å². The summed E-state index contributed by atoms with van der Waals surface area (Å²) < 4.78 is 0. The van der Waals surface area contributed by atoms with Crippen LogP contribution in [0.5, 0.6) is 0 Å². The second-order valence-electron chi connectivity index (χ2n) is 6.19. The summed E-state index contributed by atoms with van der Waals surface area (Å²) in [7, 11) is 0. The van der Waals surface area contributed by atoms with Crippen molar-refractivity contribution in [2.75, 3.05) is 0 Å². The fourth-order valence-electron chi connectivity index (χ4n) is 2.95. The molecule has 5 atom stereocenters. The molecule has 0 bridgehead atoms. The lowest BCUT2D eigenvalue weighted by Gasteiger charge is -2.22. The summed E-state index contributed by atoms with van der Waals surface area (Å²) in [5.74, 6) is -0.502. The number of carbonyl (C=O) groups excluding carboxylic acids is 1. The molecule has 1 unspecified atom stereocenters. The molecule has 0 aliphatic heterocycles. The number of aliphatic hydroxyl groups excluding tert-OH is 2. The third-order valence-electron chi connectivity index (χ3n) is 4.25. The Morgan fingerprint density at radius 1 is 1.25 bits per heavy atom. The van der Waals surface area contributed by atoms with Crippen molar-refractivity contribution in [1.82, 2.24) is 0 Å². The van der Waals surface area contributed by atoms with Gasteiger partial charge in [0.2, 0.25) is 0 Å². The predicted molar refractivity (Wildman–Crippen MR) is 78.2 cm³/mol. The molecule has 3 N–H and O–H groups in total. The fourth-order valence-corrected chi connectivity index (χ4v) is 2.95. The average molecular weight is 284 g/mol. The fraction of sp³-hybridized carbons (Fsp3) is 0.812. The molecule has 20 heavy (non-hydrogen) atoms. The van der Waals surface area contributed by atoms with Gasteiger partial charge in [-0.1, -0.05) is 38.3 Å². The lowest BCUT2D eigenvalue weighted by molar-refractivity contribution is -0.109. The van der Waals surface area contributed by atoms with Gasteiger partial charge in [0.1, 0.15) is 6.29 Å². The largest absolute Gasteiger partial charge is 0.393 e. The van der Waals surface area contributed by atoms with Gasteiger partial charge in [0.05, 0.1) is 17.8 Å². The highest BCUT2D eigenvalue weighted by Gasteiger charge is 2.40. The van der Waals surface area contributed by atoms with Crippen LogP contribution in [0.25, 0.3) is 0 Å². The molecule has 0 heterocycles. The molecule has 0 aromatic carbocycles. The van der Waals surface area contributed by atoms with Crippen molar-refractivity contribution in [2.24, 2.45) is 11.8 Å². The van der Waals surface area contributed by atoms with Crippen molar-refractivity contribution in [3.8, 4) is 0 Å². The van der Waals surface area contributed by atoms with Crippen molar-refractivity contribution in [3.05, 3.63) is 12.2 Å². The number of aldehydes is 1. The van der Waals surface area contributed by atoms with E-state index in [-0.39, 0.29) is 18.3 Å². The molecule has 0 aromatic heterocycles. The van der Waals surface area contributed by atoms with E-state index >= 15 is 0 Å². The first-order valence-corrected chi connectivity index (χ1v) is 7.62. The summed E-state index contributed by atoms with van der Waals surface area (Å²) in [5.41, 5.74) is -0.895. The van der Waals surface area contributed by atoms with Gasteiger partial charge in [-0.3, -0.25) is 0 Å². The normalized spacial score (nSPS) is 33.5. The van der Waals surface area contributed by atoms with E-state index in [4.69, 9.17) is 0 Å². The Labute approximate surface area is 121 Å². The molecule has 4 nitrogen and oxygen atoms in total. The van der Waals surface area contributed by atoms with E-state index in [0.29, 0.717) is 12.8 Å². The highest BCUT2D eigenvalue weighted by atomic mass is 16.3. The van der Waals surface area contributed by atoms with Crippen molar-refractivity contribution in [1.29, 1.82) is 0 Å². The van der Waals surface area contributed by atoms with Gasteiger partial charge in [0.15, 0.2) is 0 Å². The highest BCUT2D eigenvalue weighted by Crippen LogP contribution is 2.36. The molecule has 1 aliphatic rings. The molecule has 1 rings (SSSR count). The summed E-state index contributed by atoms with van der Waals surface area (Å²) >= 11 is 0. The summed E-state index contributed by atoms with van der Waals surface area (Å²) in [6.07, 6.45) is 7.36. The minimum Gasteiger partial charge on any atom is -0.393 e. The monoisotopic (exact) mass is 284 g/mol. The van der Waals surface area contributed by atoms with Gasteiger partial charge < -0.3 is 20.1 Å². The van der Waals surface area contributed by atoms with E-state index in [1.54, 1.807) is 19.1 Å². The Balaban J connectivity index is 2.63. The zero-order chi connectivity index (χ0) is 15.2. The number of aliphatic hydroxyl groups is 3. The van der Waals surface area contributed by atoms with Crippen LogP contribution in [0.3, 0.4) is 0 Å². The molecule has 1 fully saturated rings. The molecule has 0 amide bonds. The topological polar surface area (TPSA) is 77.8 Å². The number of rotatable bonds is 8. The number of unbranched alkanes of at least 4 members (excludes halogenated alkanes) is 2. The van der Waals surface area contributed by atoms with E-state index in [2.05, 4.69) is 6.92 Å². The molecule has 1 aliphatic carbocycles. The Morgan fingerprint density at radius 3 is 2.55 bits per heavy atom. The maximum atomic E-state index is 10.7. The van der Waals surface area contributed by atoms with E-state index in [0.717, 1.165) is 25.5 Å². The van der Waals surface area contributed by atoms with Crippen LogP contribution >= 0.6 is 0 Å². The van der Waals surface area contributed by atoms with Gasteiger partial charge >= 0.3 is 0 Å². The molecule has 0 radical (unpaired) electrons. The maximum Gasteiger partial charge on any atom is 0.120 e. The van der Waals surface area contributed by atoms with Crippen molar-refractivity contribution >= 4 is 6.29 Å². The van der Waals surface area contributed by atoms with E-state index in [1.807, 2.05) is 0 Å². The second kappa shape index (κ2) is 7.91. The van der Waals surface area contributed by atoms with Crippen LogP contribution in [0, 0.1) is 11.8 Å². The lowest BCUT2D eigenvalue weighted by atomic mass is 9.88. The van der Waals surface area contributed by atoms with Gasteiger partial charge in [0, 0.05) is 24.7 Å². The molecule has 1 saturated carbocycles. The van der Waals surface area contributed by atoms with Gasteiger partial charge in [-0.25, -0.2) is 0 Å². The first-order valence-electron chi connectivity index (χ1n) is 7.62. The highest BCUT2D eigenvalue weighted by molar-refractivity contribution is 5.50. The molecule has 0 aromatic rings. The van der Waals surface area contributed by atoms with Crippen molar-refractivity contribution < 1.29 is 20.1 Å². The van der Waals surface area contributed by atoms with Gasteiger partial charge in [0.25, 0.3) is 0 Å². The number of hydrogen-bond acceptors (Lipinski definition) is 4. The lowest BCUT2D eigenvalue weighted by Crippen LogP contribution is -2.24. The summed E-state index contributed by atoms with van der Waals surface area (Å²) in [6.45, 7) is 3.87. The quantitative estimate of drug-likeness (QED) is 0.361. The van der Waals surface area contributed by atoms with Crippen LogP contribution in [0.4, 0.5) is 0 Å². The SMILES string of the molecule is CCCCCC(C)(O)C=C[C@H]1[C@H](CC=O)[C@H](O)C[C@@H]1O. The summed E-state index contributed by atoms with van der Waals surface area (Å²) in [6, 6.07) is 0. The third kappa shape index (κ3) is 5.00. The van der Waals surface area contributed by atoms with Crippen LogP contribution in [0.1, 0.15) is 52.4 Å². The predicted octanol–water partition coefficient (Wildman–Crippen LogP) is 1.82. The Bertz CT molecular complexity index is 324. The Hall–Kier alpha value is -0.710. The Morgan fingerprint density at radius 2 is 1.95 bits per heavy atom. The zero-order valence-corrected chi connectivity index (χ0v) is 12.5. The first-order chi connectivity index (χ1) is 9.41. The zero-order valence-electron chi connectivity index (χ0n) is 12.5. The van der Waals surface area contributed by atoms with Gasteiger partial charge in [-0.05, 0) is 13.3 Å². The third-order valence-corrected chi connectivity index (χ3v) is 4.25. The summed E-state index contributed by atoms with van der Waals surface area (Å²) in [4.78, 5) is 10.7. The maximum absolute atomic E-state index is 10.7. The van der Waals surface area contributed by atoms with Gasteiger partial charge in [-0.15, -0.1) is 0 Å². The molecular formula is C16H28O4. The van der Waals surface area contributed by atoms with E-state index in [9.17, 15) is 20.1 Å². The van der Waals surface area contributed by atoms with Crippen molar-refractivity contribution in [3.63, 3.8) is 0 Å². The standard InChI is InChI=1S/C16H28O4/c1-3-4-5-8-16(2,20)9-6-12-13(7-10-17)15(19)11-14(12)18/h6,9-10,12-15,18-20H,3-5,7-8,11H2,1-2H3/t12-,13-,14-,15+,16?/m0/s1. The minimum absolute atomic E-state index is 0.241. The number of hydrogen-bond donors (Lipinski definition) is 3. The molecular weight excluding hydrogens is 256 g/mol. The Kier molecular flexibility index (Phi) is 6.86. The molecule has 116 valence electrons. The number of carbonyl (C=O) groups is 1. The first kappa shape index (κ1) is 17.3.